The molecule has 0 bridgehead atoms. The summed E-state index contributed by atoms with van der Waals surface area (Å²) in [5.41, 5.74) is 11.6. The molecule has 0 aliphatic carbocycles. The van der Waals surface area contributed by atoms with Crippen LogP contribution in [0.2, 0.25) is 0 Å². The third-order valence-corrected chi connectivity index (χ3v) is 10.3. The fraction of sp³-hybridized carbons (Fsp3) is 0. The highest BCUT2D eigenvalue weighted by Gasteiger charge is 2.21. The number of benzene rings is 8. The van der Waals surface area contributed by atoms with Crippen molar-refractivity contribution in [3.63, 3.8) is 0 Å². The second-order valence-corrected chi connectivity index (χ2v) is 13.7. The summed E-state index contributed by atoms with van der Waals surface area (Å²) >= 11 is 0. The number of anilines is 3. The highest BCUT2D eigenvalue weighted by molar-refractivity contribution is 6.15. The van der Waals surface area contributed by atoms with Crippen molar-refractivity contribution in [1.82, 2.24) is 19.5 Å². The van der Waals surface area contributed by atoms with E-state index in [0.29, 0.717) is 17.6 Å². The summed E-state index contributed by atoms with van der Waals surface area (Å²) in [5, 5.41) is 2.31. The Kier molecular flexibility index (Phi) is 8.43. The maximum Gasteiger partial charge on any atom is 0.238 e. The molecule has 0 aliphatic heterocycles. The molecule has 5 nitrogen and oxygen atoms in total. The largest absolute Gasteiger partial charge is 0.311 e. The lowest BCUT2D eigenvalue weighted by atomic mass is 9.98. The van der Waals surface area contributed by atoms with E-state index < -0.39 is 0 Å². The second-order valence-electron chi connectivity index (χ2n) is 13.7. The van der Waals surface area contributed by atoms with E-state index in [1.54, 1.807) is 0 Å². The van der Waals surface area contributed by atoms with Crippen LogP contribution < -0.4 is 4.90 Å². The third kappa shape index (κ3) is 5.98. The molecule has 2 aromatic heterocycles. The Morgan fingerprint density at radius 3 is 1.48 bits per heavy atom. The average molecular weight is 718 g/mol. The monoisotopic (exact) mass is 717 g/mol. The lowest BCUT2D eigenvalue weighted by Gasteiger charge is -2.25. The Bertz CT molecular complexity index is 2900. The van der Waals surface area contributed by atoms with Crippen molar-refractivity contribution in [2.75, 3.05) is 4.90 Å². The fourth-order valence-corrected chi connectivity index (χ4v) is 7.72. The van der Waals surface area contributed by atoms with Crippen LogP contribution in [0.3, 0.4) is 0 Å². The molecule has 8 aromatic carbocycles. The Morgan fingerprint density at radius 1 is 0.321 bits per heavy atom. The summed E-state index contributed by atoms with van der Waals surface area (Å²) in [6, 6.07) is 73.8. The van der Waals surface area contributed by atoms with E-state index >= 15 is 0 Å². The Hall–Kier alpha value is -7.63. The van der Waals surface area contributed by atoms with E-state index in [0.717, 1.165) is 66.7 Å². The highest BCUT2D eigenvalue weighted by Crippen LogP contribution is 2.40. The lowest BCUT2D eigenvalue weighted by molar-refractivity contribution is 0.953. The summed E-state index contributed by atoms with van der Waals surface area (Å²) in [7, 11) is 0. The molecule has 264 valence electrons. The molecule has 0 saturated heterocycles. The molecule has 0 unspecified atom stereocenters. The first-order chi connectivity index (χ1) is 27.8. The smallest absolute Gasteiger partial charge is 0.238 e. The van der Waals surface area contributed by atoms with Crippen LogP contribution in [0.25, 0.3) is 72.8 Å². The Morgan fingerprint density at radius 2 is 0.804 bits per heavy atom. The van der Waals surface area contributed by atoms with Gasteiger partial charge in [-0.2, -0.15) is 9.97 Å². The summed E-state index contributed by atoms with van der Waals surface area (Å²) in [6.45, 7) is 0. The highest BCUT2D eigenvalue weighted by atomic mass is 15.2. The van der Waals surface area contributed by atoms with Gasteiger partial charge in [-0.15, -0.1) is 0 Å². The van der Waals surface area contributed by atoms with E-state index in [1.165, 1.54) is 5.56 Å². The Balaban J connectivity index is 1.14. The van der Waals surface area contributed by atoms with Gasteiger partial charge in [0.1, 0.15) is 0 Å². The van der Waals surface area contributed by atoms with Crippen LogP contribution >= 0.6 is 0 Å². The van der Waals surface area contributed by atoms with Crippen molar-refractivity contribution in [1.29, 1.82) is 0 Å². The fourth-order valence-electron chi connectivity index (χ4n) is 7.72. The van der Waals surface area contributed by atoms with Gasteiger partial charge in [-0.1, -0.05) is 164 Å². The minimum absolute atomic E-state index is 0.566. The van der Waals surface area contributed by atoms with Gasteiger partial charge in [0, 0.05) is 39.0 Å². The summed E-state index contributed by atoms with van der Waals surface area (Å²) in [4.78, 5) is 18.0. The van der Waals surface area contributed by atoms with Crippen molar-refractivity contribution < 1.29 is 0 Å². The third-order valence-electron chi connectivity index (χ3n) is 10.3. The molecule has 0 amide bonds. The van der Waals surface area contributed by atoms with Gasteiger partial charge in [-0.25, -0.2) is 4.98 Å². The first-order valence-electron chi connectivity index (χ1n) is 18.8. The van der Waals surface area contributed by atoms with Gasteiger partial charge in [-0.05, 0) is 70.8 Å². The predicted octanol–water partition coefficient (Wildman–Crippen LogP) is 13.1. The van der Waals surface area contributed by atoms with Gasteiger partial charge in [0.25, 0.3) is 0 Å². The van der Waals surface area contributed by atoms with Gasteiger partial charge < -0.3 is 4.90 Å². The number of hydrogen-bond acceptors (Lipinski definition) is 4. The van der Waals surface area contributed by atoms with E-state index in [9.17, 15) is 0 Å². The van der Waals surface area contributed by atoms with E-state index in [-0.39, 0.29) is 0 Å². The number of nitrogens with zero attached hydrogens (tertiary/aromatic N) is 5. The normalized spacial score (nSPS) is 11.2. The van der Waals surface area contributed by atoms with Gasteiger partial charge >= 0.3 is 0 Å². The molecule has 0 radical (unpaired) electrons. The zero-order chi connectivity index (χ0) is 37.3. The molecule has 5 heteroatoms. The van der Waals surface area contributed by atoms with Crippen molar-refractivity contribution in [2.45, 2.75) is 0 Å². The maximum absolute atomic E-state index is 5.32. The van der Waals surface area contributed by atoms with Crippen molar-refractivity contribution in [2.24, 2.45) is 0 Å². The van der Waals surface area contributed by atoms with Crippen LogP contribution in [0.15, 0.2) is 212 Å². The molecule has 0 saturated carbocycles. The topological polar surface area (TPSA) is 46.8 Å². The van der Waals surface area contributed by atoms with E-state index in [2.05, 4.69) is 191 Å². The van der Waals surface area contributed by atoms with Gasteiger partial charge in [-0.3, -0.25) is 4.57 Å². The molecular formula is C51H35N5. The molecule has 10 aromatic rings. The quantitative estimate of drug-likeness (QED) is 0.157. The summed E-state index contributed by atoms with van der Waals surface area (Å²) in [6.07, 6.45) is 0. The van der Waals surface area contributed by atoms with Crippen LogP contribution in [0.4, 0.5) is 17.1 Å². The number of fused-ring (bicyclic) bond motifs is 3. The molecule has 0 N–H and O–H groups in total. The number of para-hydroxylation sites is 3. The second kappa shape index (κ2) is 14.3. The average Bonchev–Trinajstić information content (AvgIpc) is 3.63. The van der Waals surface area contributed by atoms with Crippen LogP contribution in [-0.4, -0.2) is 19.5 Å². The predicted molar refractivity (Wildman–Crippen MR) is 231 cm³/mol. The van der Waals surface area contributed by atoms with Gasteiger partial charge in [0.2, 0.25) is 5.95 Å². The molecule has 56 heavy (non-hydrogen) atoms. The molecule has 0 aliphatic rings. The standard InChI is InChI=1S/C51H35N5/c1-5-18-36(19-6-1)43-29-17-31-47-48(43)45-28-15-16-30-46(45)56(47)51-53-49(38-20-7-2-8-21-38)52-50(54-51)44-27-14-13-26-42(44)37-32-34-41(35-33-37)55(39-22-9-3-10-23-39)40-24-11-4-12-25-40/h1-35H. The van der Waals surface area contributed by atoms with Crippen molar-refractivity contribution in [3.05, 3.63) is 212 Å². The Labute approximate surface area is 325 Å². The SMILES string of the molecule is c1ccc(-c2nc(-c3ccccc3-c3ccc(N(c4ccccc4)c4ccccc4)cc3)nc(-n3c4ccccc4c4c(-c5ccccc5)cccc43)n2)cc1. The van der Waals surface area contributed by atoms with Gasteiger partial charge in [0.15, 0.2) is 11.6 Å². The van der Waals surface area contributed by atoms with E-state index in [1.807, 2.05) is 30.3 Å². The van der Waals surface area contributed by atoms with Crippen molar-refractivity contribution in [3.8, 4) is 51.0 Å². The zero-order valence-corrected chi connectivity index (χ0v) is 30.4. The first-order valence-corrected chi connectivity index (χ1v) is 18.8. The van der Waals surface area contributed by atoms with Gasteiger partial charge in [0.05, 0.1) is 11.0 Å². The molecule has 0 atom stereocenters. The van der Waals surface area contributed by atoms with Crippen LogP contribution in [-0.2, 0) is 0 Å². The zero-order valence-electron chi connectivity index (χ0n) is 30.4. The number of aromatic nitrogens is 4. The minimum Gasteiger partial charge on any atom is -0.311 e. The van der Waals surface area contributed by atoms with E-state index in [4.69, 9.17) is 15.0 Å². The van der Waals surface area contributed by atoms with Crippen LogP contribution in [0.5, 0.6) is 0 Å². The molecule has 10 rings (SSSR count). The molecule has 0 spiro atoms. The molecule has 2 heterocycles. The first kappa shape index (κ1) is 33.0. The van der Waals surface area contributed by atoms with Crippen LogP contribution in [0, 0.1) is 0 Å². The number of hydrogen-bond donors (Lipinski definition) is 0. The minimum atomic E-state index is 0.566. The van der Waals surface area contributed by atoms with Crippen molar-refractivity contribution >= 4 is 38.9 Å². The number of rotatable bonds is 8. The lowest BCUT2D eigenvalue weighted by Crippen LogP contribution is -2.09. The maximum atomic E-state index is 5.32. The molecular weight excluding hydrogens is 683 g/mol. The van der Waals surface area contributed by atoms with Crippen LogP contribution in [0.1, 0.15) is 0 Å². The summed E-state index contributed by atoms with van der Waals surface area (Å²) < 4.78 is 2.19. The molecule has 0 fully saturated rings. The summed E-state index contributed by atoms with van der Waals surface area (Å²) in [5.74, 6) is 1.79.